The minimum absolute atomic E-state index is 0.0907. The Morgan fingerprint density at radius 1 is 1.00 bits per heavy atom. The van der Waals surface area contributed by atoms with Gasteiger partial charge in [-0.1, -0.05) is 41.9 Å². The topological polar surface area (TPSA) is 59.1 Å². The molecule has 1 aliphatic heterocycles. The summed E-state index contributed by atoms with van der Waals surface area (Å²) in [4.78, 5) is 28.7. The Morgan fingerprint density at radius 2 is 1.69 bits per heavy atom. The average Bonchev–Trinajstić information content (AvgIpc) is 2.82. The first-order valence-corrected chi connectivity index (χ1v) is 11.1. The van der Waals surface area contributed by atoms with Crippen LogP contribution in [0.15, 0.2) is 48.5 Å². The van der Waals surface area contributed by atoms with Crippen molar-refractivity contribution in [2.45, 2.75) is 19.3 Å². The van der Waals surface area contributed by atoms with Crippen LogP contribution in [0.25, 0.3) is 6.08 Å². The van der Waals surface area contributed by atoms with Crippen molar-refractivity contribution in [3.63, 3.8) is 0 Å². The van der Waals surface area contributed by atoms with E-state index in [1.54, 1.807) is 23.1 Å². The first-order chi connectivity index (χ1) is 15.5. The van der Waals surface area contributed by atoms with Gasteiger partial charge in [-0.3, -0.25) is 9.59 Å². The van der Waals surface area contributed by atoms with Crippen LogP contribution < -0.4 is 9.47 Å². The van der Waals surface area contributed by atoms with Crippen LogP contribution in [0.1, 0.15) is 24.0 Å². The normalized spacial score (nSPS) is 14.0. The van der Waals surface area contributed by atoms with Gasteiger partial charge in [0, 0.05) is 38.7 Å². The molecule has 2 aromatic rings. The highest BCUT2D eigenvalue weighted by Crippen LogP contribution is 2.36. The molecule has 1 fully saturated rings. The molecule has 0 spiro atoms. The van der Waals surface area contributed by atoms with Crippen LogP contribution in [0.2, 0.25) is 5.02 Å². The van der Waals surface area contributed by atoms with Gasteiger partial charge in [-0.05, 0) is 42.2 Å². The summed E-state index contributed by atoms with van der Waals surface area (Å²) >= 11 is 6.22. The Bertz CT molecular complexity index is 954. The number of carbonyl (C=O) groups excluding carboxylic acids is 2. The van der Waals surface area contributed by atoms with Gasteiger partial charge in [0.1, 0.15) is 0 Å². The fourth-order valence-electron chi connectivity index (χ4n) is 3.73. The van der Waals surface area contributed by atoms with Crippen molar-refractivity contribution in [3.8, 4) is 11.5 Å². The highest BCUT2D eigenvalue weighted by Gasteiger charge is 2.22. The molecule has 1 aliphatic rings. The van der Waals surface area contributed by atoms with E-state index < -0.39 is 0 Å². The van der Waals surface area contributed by atoms with Crippen molar-refractivity contribution < 1.29 is 19.1 Å². The molecule has 2 amide bonds. The molecule has 6 nitrogen and oxygen atoms in total. The quantitative estimate of drug-likeness (QED) is 0.562. The molecule has 7 heteroatoms. The molecule has 0 aromatic heterocycles. The van der Waals surface area contributed by atoms with E-state index in [1.807, 2.05) is 23.1 Å². The average molecular weight is 457 g/mol. The molecule has 3 rings (SSSR count). The van der Waals surface area contributed by atoms with Gasteiger partial charge in [0.05, 0.1) is 19.2 Å². The Labute approximate surface area is 194 Å². The second-order valence-corrected chi connectivity index (χ2v) is 8.02. The summed E-state index contributed by atoms with van der Waals surface area (Å²) < 4.78 is 10.5. The first-order valence-electron chi connectivity index (χ1n) is 10.7. The zero-order valence-electron chi connectivity index (χ0n) is 18.6. The standard InChI is InChI=1S/C25H29ClN2O4/c1-31-22-18-20(17-21(26)25(22)32-2)11-12-24(30)28-15-13-27(14-16-28)23(29)10-6-9-19-7-4-3-5-8-19/h3-5,7-8,11-12,17-18H,6,9-10,13-16H2,1-2H3/b12-11+. The number of piperazine rings is 1. The predicted molar refractivity (Wildman–Crippen MR) is 126 cm³/mol. The third-order valence-corrected chi connectivity index (χ3v) is 5.80. The second-order valence-electron chi connectivity index (χ2n) is 7.62. The number of nitrogens with zero attached hydrogens (tertiary/aromatic N) is 2. The van der Waals surface area contributed by atoms with Crippen molar-refractivity contribution >= 4 is 29.5 Å². The van der Waals surface area contributed by atoms with E-state index in [4.69, 9.17) is 21.1 Å². The minimum atomic E-state index is -0.0907. The summed E-state index contributed by atoms with van der Waals surface area (Å²) in [6.45, 7) is 2.18. The van der Waals surface area contributed by atoms with Gasteiger partial charge >= 0.3 is 0 Å². The highest BCUT2D eigenvalue weighted by molar-refractivity contribution is 6.32. The number of rotatable bonds is 8. The van der Waals surface area contributed by atoms with Crippen LogP contribution in [-0.2, 0) is 16.0 Å². The van der Waals surface area contributed by atoms with Crippen LogP contribution in [0.5, 0.6) is 11.5 Å². The maximum Gasteiger partial charge on any atom is 0.246 e. The van der Waals surface area contributed by atoms with Crippen molar-refractivity contribution in [1.29, 1.82) is 0 Å². The molecule has 0 N–H and O–H groups in total. The summed E-state index contributed by atoms with van der Waals surface area (Å²) in [6, 6.07) is 13.7. The largest absolute Gasteiger partial charge is 0.493 e. The lowest BCUT2D eigenvalue weighted by molar-refractivity contribution is -0.137. The van der Waals surface area contributed by atoms with E-state index in [1.165, 1.54) is 25.9 Å². The Kier molecular flexibility index (Phi) is 8.56. The number of hydrogen-bond donors (Lipinski definition) is 0. The Balaban J connectivity index is 1.47. The summed E-state index contributed by atoms with van der Waals surface area (Å²) in [5, 5.41) is 0.415. The summed E-state index contributed by atoms with van der Waals surface area (Å²) in [7, 11) is 3.06. The van der Waals surface area contributed by atoms with E-state index in [-0.39, 0.29) is 11.8 Å². The molecular weight excluding hydrogens is 428 g/mol. The van der Waals surface area contributed by atoms with E-state index in [9.17, 15) is 9.59 Å². The fraction of sp³-hybridized carbons (Fsp3) is 0.360. The molecule has 0 bridgehead atoms. The highest BCUT2D eigenvalue weighted by atomic mass is 35.5. The zero-order chi connectivity index (χ0) is 22.9. The van der Waals surface area contributed by atoms with Gasteiger partial charge in [0.25, 0.3) is 0 Å². The van der Waals surface area contributed by atoms with E-state index >= 15 is 0 Å². The van der Waals surface area contributed by atoms with Crippen LogP contribution in [0.4, 0.5) is 0 Å². The number of benzene rings is 2. The van der Waals surface area contributed by atoms with Gasteiger partial charge in [-0.2, -0.15) is 0 Å². The SMILES string of the molecule is COc1cc(/C=C/C(=O)N2CCN(C(=O)CCCc3ccccc3)CC2)cc(Cl)c1OC. The number of hydrogen-bond acceptors (Lipinski definition) is 4. The molecule has 0 atom stereocenters. The third-order valence-electron chi connectivity index (χ3n) is 5.52. The summed E-state index contributed by atoms with van der Waals surface area (Å²) in [5.41, 5.74) is 1.99. The molecule has 2 aromatic carbocycles. The molecule has 1 saturated heterocycles. The second kappa shape index (κ2) is 11.6. The fourth-order valence-corrected chi connectivity index (χ4v) is 4.03. The Hall–Kier alpha value is -2.99. The Morgan fingerprint density at radius 3 is 2.34 bits per heavy atom. The van der Waals surface area contributed by atoms with E-state index in [0.29, 0.717) is 49.1 Å². The summed E-state index contributed by atoms with van der Waals surface area (Å²) in [6.07, 6.45) is 5.49. The number of methoxy groups -OCH3 is 2. The van der Waals surface area contributed by atoms with E-state index in [0.717, 1.165) is 18.4 Å². The van der Waals surface area contributed by atoms with Crippen molar-refractivity contribution in [2.75, 3.05) is 40.4 Å². The predicted octanol–water partition coefficient (Wildman–Crippen LogP) is 4.06. The molecule has 0 saturated carbocycles. The van der Waals surface area contributed by atoms with Crippen molar-refractivity contribution in [1.82, 2.24) is 9.80 Å². The van der Waals surface area contributed by atoms with Gasteiger partial charge in [0.15, 0.2) is 11.5 Å². The van der Waals surface area contributed by atoms with Crippen molar-refractivity contribution in [3.05, 3.63) is 64.7 Å². The number of carbonyl (C=O) groups is 2. The zero-order valence-corrected chi connectivity index (χ0v) is 19.3. The van der Waals surface area contributed by atoms with Crippen LogP contribution in [0.3, 0.4) is 0 Å². The molecule has 32 heavy (non-hydrogen) atoms. The van der Waals surface area contributed by atoms with Crippen molar-refractivity contribution in [2.24, 2.45) is 0 Å². The molecule has 170 valence electrons. The monoisotopic (exact) mass is 456 g/mol. The molecular formula is C25H29ClN2O4. The first kappa shape index (κ1) is 23.7. The van der Waals surface area contributed by atoms with Gasteiger partial charge in [-0.15, -0.1) is 0 Å². The number of aryl methyl sites for hydroxylation is 1. The number of ether oxygens (including phenoxy) is 2. The van der Waals surface area contributed by atoms with Crippen LogP contribution in [0, 0.1) is 0 Å². The van der Waals surface area contributed by atoms with E-state index in [2.05, 4.69) is 12.1 Å². The maximum absolute atomic E-state index is 12.6. The maximum atomic E-state index is 12.6. The van der Waals surface area contributed by atoms with Crippen LogP contribution >= 0.6 is 11.6 Å². The van der Waals surface area contributed by atoms with Gasteiger partial charge in [-0.25, -0.2) is 0 Å². The van der Waals surface area contributed by atoms with Gasteiger partial charge in [0.2, 0.25) is 11.8 Å². The smallest absolute Gasteiger partial charge is 0.246 e. The lowest BCUT2D eigenvalue weighted by Gasteiger charge is -2.34. The molecule has 0 unspecified atom stereocenters. The van der Waals surface area contributed by atoms with Gasteiger partial charge < -0.3 is 19.3 Å². The molecule has 0 radical (unpaired) electrons. The number of amides is 2. The number of halogens is 1. The minimum Gasteiger partial charge on any atom is -0.493 e. The van der Waals surface area contributed by atoms with Crippen LogP contribution in [-0.4, -0.2) is 62.0 Å². The third kappa shape index (κ3) is 6.26. The lowest BCUT2D eigenvalue weighted by Crippen LogP contribution is -2.50. The molecule has 1 heterocycles. The lowest BCUT2D eigenvalue weighted by atomic mass is 10.1. The summed E-state index contributed by atoms with van der Waals surface area (Å²) in [5.74, 6) is 1.03. The molecule has 0 aliphatic carbocycles.